The van der Waals surface area contributed by atoms with Crippen LogP contribution in [0.5, 0.6) is 0 Å². The first kappa shape index (κ1) is 20.4. The molecule has 1 rings (SSSR count). The van der Waals surface area contributed by atoms with E-state index in [0.717, 1.165) is 0 Å². The third-order valence-corrected chi connectivity index (χ3v) is 3.29. The van der Waals surface area contributed by atoms with Crippen LogP contribution in [0.2, 0.25) is 10.3 Å². The fourth-order valence-corrected chi connectivity index (χ4v) is 2.62. The van der Waals surface area contributed by atoms with Crippen LogP contribution in [0.15, 0.2) is 0 Å². The highest BCUT2D eigenvalue weighted by molar-refractivity contribution is 6.34. The summed E-state index contributed by atoms with van der Waals surface area (Å²) in [6.45, 7) is 9.67. The van der Waals surface area contributed by atoms with Crippen molar-refractivity contribution in [3.05, 3.63) is 21.7 Å². The molecule has 0 saturated carbocycles. The van der Waals surface area contributed by atoms with Crippen molar-refractivity contribution in [1.82, 2.24) is 4.98 Å². The molecular weight excluding hydrogens is 362 g/mol. The summed E-state index contributed by atoms with van der Waals surface area (Å²) in [7, 11) is 0. The van der Waals surface area contributed by atoms with Gasteiger partial charge in [-0.05, 0) is 26.2 Å². The number of hydrogen-bond donors (Lipinski definition) is 1. The molecular formula is C15H19Cl2FN2O4. The van der Waals surface area contributed by atoms with Gasteiger partial charge in [-0.3, -0.25) is 0 Å². The molecule has 1 N–H and O–H groups in total. The van der Waals surface area contributed by atoms with Crippen molar-refractivity contribution in [3.8, 4) is 0 Å². The van der Waals surface area contributed by atoms with Crippen LogP contribution in [0, 0.1) is 5.82 Å². The van der Waals surface area contributed by atoms with Gasteiger partial charge in [-0.1, -0.05) is 44.0 Å². The van der Waals surface area contributed by atoms with Crippen LogP contribution in [-0.4, -0.2) is 27.9 Å². The third kappa shape index (κ3) is 4.48. The number of carbonyl (C=O) groups is 2. The summed E-state index contributed by atoms with van der Waals surface area (Å²) in [5.74, 6) is -1.17. The lowest BCUT2D eigenvalue weighted by Gasteiger charge is -2.30. The van der Waals surface area contributed by atoms with Crippen LogP contribution in [0.25, 0.3) is 0 Å². The van der Waals surface area contributed by atoms with E-state index in [1.807, 2.05) is 0 Å². The molecule has 1 aromatic rings. The van der Waals surface area contributed by atoms with Crippen LogP contribution in [0.3, 0.4) is 0 Å². The second-order valence-electron chi connectivity index (χ2n) is 7.08. The number of imide groups is 1. The van der Waals surface area contributed by atoms with Crippen molar-refractivity contribution < 1.29 is 23.8 Å². The summed E-state index contributed by atoms with van der Waals surface area (Å²) in [6.07, 6.45) is -3.00. The van der Waals surface area contributed by atoms with E-state index in [2.05, 4.69) is 4.98 Å². The first-order valence-corrected chi connectivity index (χ1v) is 7.73. The summed E-state index contributed by atoms with van der Waals surface area (Å²) in [5, 5.41) is 8.61. The molecule has 0 aliphatic rings. The highest BCUT2D eigenvalue weighted by Gasteiger charge is 2.38. The Morgan fingerprint density at radius 1 is 1.12 bits per heavy atom. The van der Waals surface area contributed by atoms with E-state index in [9.17, 15) is 19.1 Å². The Morgan fingerprint density at radius 2 is 1.62 bits per heavy atom. The zero-order valence-corrected chi connectivity index (χ0v) is 15.7. The van der Waals surface area contributed by atoms with E-state index in [4.69, 9.17) is 27.9 Å². The Balaban J connectivity index is 3.71. The zero-order valence-electron chi connectivity index (χ0n) is 14.2. The van der Waals surface area contributed by atoms with Gasteiger partial charge in [-0.15, -0.1) is 0 Å². The van der Waals surface area contributed by atoms with Gasteiger partial charge in [-0.25, -0.2) is 19.0 Å². The maximum absolute atomic E-state index is 14.6. The Hall–Kier alpha value is -1.60. The van der Waals surface area contributed by atoms with E-state index in [0.29, 0.717) is 0 Å². The Morgan fingerprint density at radius 3 is 2.00 bits per heavy atom. The second kappa shape index (κ2) is 6.72. The van der Waals surface area contributed by atoms with Crippen LogP contribution >= 0.6 is 23.2 Å². The standard InChI is InChI=1S/C15H19Cl2FN2O4/c1-14(2,3)7-9(8(18)11(17)19-10(7)16)20(12(21)22)13(23)24-15(4,5)6/h1-6H3,(H,21,22). The number of hydrogen-bond acceptors (Lipinski definition) is 4. The van der Waals surface area contributed by atoms with Gasteiger partial charge in [0.15, 0.2) is 11.0 Å². The number of pyridine rings is 1. The maximum atomic E-state index is 14.6. The third-order valence-electron chi connectivity index (χ3n) is 2.77. The van der Waals surface area contributed by atoms with Crippen molar-refractivity contribution in [3.63, 3.8) is 0 Å². The summed E-state index contributed by atoms with van der Waals surface area (Å²) >= 11 is 11.7. The molecule has 1 aromatic heterocycles. The highest BCUT2D eigenvalue weighted by atomic mass is 35.5. The van der Waals surface area contributed by atoms with Gasteiger partial charge < -0.3 is 9.84 Å². The van der Waals surface area contributed by atoms with Crippen molar-refractivity contribution >= 4 is 41.1 Å². The quantitative estimate of drug-likeness (QED) is 0.673. The normalized spacial score (nSPS) is 12.0. The largest absolute Gasteiger partial charge is 0.464 e. The number of rotatable bonds is 1. The van der Waals surface area contributed by atoms with Crippen molar-refractivity contribution in [2.45, 2.75) is 52.6 Å². The molecule has 1 heterocycles. The average Bonchev–Trinajstić information content (AvgIpc) is 2.30. The number of carboxylic acid groups (broad SMARTS) is 1. The molecule has 2 amide bonds. The minimum absolute atomic E-state index is 0.0272. The minimum atomic E-state index is -1.73. The lowest BCUT2D eigenvalue weighted by atomic mass is 9.86. The average molecular weight is 381 g/mol. The van der Waals surface area contributed by atoms with Gasteiger partial charge in [0, 0.05) is 5.56 Å². The van der Waals surface area contributed by atoms with Crippen LogP contribution in [-0.2, 0) is 10.2 Å². The minimum Gasteiger partial charge on any atom is -0.464 e. The van der Waals surface area contributed by atoms with Crippen molar-refractivity contribution in [2.24, 2.45) is 0 Å². The lowest BCUT2D eigenvalue weighted by molar-refractivity contribution is 0.0580. The van der Waals surface area contributed by atoms with Crippen LogP contribution < -0.4 is 4.90 Å². The maximum Gasteiger partial charge on any atom is 0.424 e. The van der Waals surface area contributed by atoms with Gasteiger partial charge in [0.1, 0.15) is 16.4 Å². The van der Waals surface area contributed by atoms with Crippen molar-refractivity contribution in [1.29, 1.82) is 0 Å². The molecule has 0 aliphatic carbocycles. The Bertz CT molecular complexity index is 682. The molecule has 0 aliphatic heterocycles. The first-order chi connectivity index (χ1) is 10.7. The summed E-state index contributed by atoms with van der Waals surface area (Å²) < 4.78 is 19.7. The van der Waals surface area contributed by atoms with E-state index in [-0.39, 0.29) is 15.6 Å². The van der Waals surface area contributed by atoms with Crippen LogP contribution in [0.4, 0.5) is 19.7 Å². The van der Waals surface area contributed by atoms with Crippen molar-refractivity contribution in [2.75, 3.05) is 4.90 Å². The number of ether oxygens (including phenoxy) is 1. The fraction of sp³-hybridized carbons (Fsp3) is 0.533. The molecule has 0 bridgehead atoms. The Kier molecular flexibility index (Phi) is 5.73. The molecule has 0 radical (unpaired) electrons. The molecule has 24 heavy (non-hydrogen) atoms. The summed E-state index contributed by atoms with van der Waals surface area (Å²) in [5.41, 5.74) is -2.36. The smallest absolute Gasteiger partial charge is 0.424 e. The number of halogens is 3. The van der Waals surface area contributed by atoms with E-state index >= 15 is 0 Å². The van der Waals surface area contributed by atoms with E-state index in [1.165, 1.54) is 0 Å². The van der Waals surface area contributed by atoms with E-state index < -0.39 is 39.9 Å². The SMILES string of the molecule is CC(C)(C)OC(=O)N(C(=O)O)c1c(F)c(Cl)nc(Cl)c1C(C)(C)C. The molecule has 9 heteroatoms. The lowest BCUT2D eigenvalue weighted by Crippen LogP contribution is -2.42. The number of anilines is 1. The Labute approximate surface area is 149 Å². The number of carbonyl (C=O) groups excluding carboxylic acids is 1. The highest BCUT2D eigenvalue weighted by Crippen LogP contribution is 2.41. The van der Waals surface area contributed by atoms with Gasteiger partial charge in [-0.2, -0.15) is 4.90 Å². The van der Waals surface area contributed by atoms with Gasteiger partial charge in [0.2, 0.25) is 0 Å². The second-order valence-corrected chi connectivity index (χ2v) is 7.80. The fourth-order valence-electron chi connectivity index (χ4n) is 1.94. The van der Waals surface area contributed by atoms with E-state index in [1.54, 1.807) is 41.5 Å². The molecule has 0 unspecified atom stereocenters. The molecule has 6 nitrogen and oxygen atoms in total. The number of aromatic nitrogens is 1. The predicted octanol–water partition coefficient (Wildman–Crippen LogP) is 5.24. The molecule has 134 valence electrons. The van der Waals surface area contributed by atoms with Crippen LogP contribution in [0.1, 0.15) is 47.1 Å². The summed E-state index contributed by atoms with van der Waals surface area (Å²) in [6, 6.07) is 0. The van der Waals surface area contributed by atoms with Gasteiger partial charge >= 0.3 is 12.2 Å². The topological polar surface area (TPSA) is 79.7 Å². The number of amides is 2. The monoisotopic (exact) mass is 380 g/mol. The number of nitrogens with zero attached hydrogens (tertiary/aromatic N) is 2. The molecule has 0 saturated heterocycles. The van der Waals surface area contributed by atoms with Gasteiger partial charge in [0.05, 0.1) is 0 Å². The molecule has 0 atom stereocenters. The first-order valence-electron chi connectivity index (χ1n) is 6.98. The van der Waals surface area contributed by atoms with Gasteiger partial charge in [0.25, 0.3) is 0 Å². The molecule has 0 fully saturated rings. The molecule has 0 aromatic carbocycles. The predicted molar refractivity (Wildman–Crippen MR) is 89.7 cm³/mol. The summed E-state index contributed by atoms with van der Waals surface area (Å²) in [4.78, 5) is 27.8. The molecule has 0 spiro atoms. The zero-order chi connectivity index (χ0) is 19.0.